The molecule has 1 fully saturated rings. The summed E-state index contributed by atoms with van der Waals surface area (Å²) >= 11 is 0. The first-order chi connectivity index (χ1) is 8.04. The maximum atomic E-state index is 11.8. The molecule has 1 saturated heterocycles. The SMILES string of the molecule is CP(C)(=O)CN1CCN(c2ncccn2)CC1. The van der Waals surface area contributed by atoms with Crippen molar-refractivity contribution >= 4 is 13.1 Å². The highest BCUT2D eigenvalue weighted by molar-refractivity contribution is 7.62. The molecule has 0 aliphatic carbocycles. The predicted octanol–water partition coefficient (Wildman–Crippen LogP) is 1.18. The van der Waals surface area contributed by atoms with Crippen LogP contribution in [0.3, 0.4) is 0 Å². The van der Waals surface area contributed by atoms with Crippen molar-refractivity contribution in [1.29, 1.82) is 0 Å². The van der Waals surface area contributed by atoms with Crippen LogP contribution in [0.5, 0.6) is 0 Å². The molecule has 2 heterocycles. The number of nitrogens with zero attached hydrogens (tertiary/aromatic N) is 4. The zero-order valence-corrected chi connectivity index (χ0v) is 11.3. The van der Waals surface area contributed by atoms with Gasteiger partial charge in [-0.25, -0.2) is 9.97 Å². The van der Waals surface area contributed by atoms with Gasteiger partial charge in [-0.1, -0.05) is 0 Å². The summed E-state index contributed by atoms with van der Waals surface area (Å²) in [5.41, 5.74) is 0. The molecule has 0 saturated carbocycles. The molecule has 6 heteroatoms. The van der Waals surface area contributed by atoms with E-state index in [9.17, 15) is 4.57 Å². The third kappa shape index (κ3) is 3.79. The molecule has 0 atom stereocenters. The largest absolute Gasteiger partial charge is 0.338 e. The number of hydrogen-bond acceptors (Lipinski definition) is 5. The van der Waals surface area contributed by atoms with Crippen LogP contribution in [0.4, 0.5) is 5.95 Å². The average molecular weight is 254 g/mol. The van der Waals surface area contributed by atoms with Gasteiger partial charge in [0.2, 0.25) is 5.95 Å². The van der Waals surface area contributed by atoms with Gasteiger partial charge in [0.05, 0.1) is 13.4 Å². The molecule has 0 amide bonds. The molecule has 0 N–H and O–H groups in total. The average Bonchev–Trinajstić information content (AvgIpc) is 2.29. The Morgan fingerprint density at radius 1 is 1.18 bits per heavy atom. The summed E-state index contributed by atoms with van der Waals surface area (Å²) in [5.74, 6) is 0.795. The highest BCUT2D eigenvalue weighted by Crippen LogP contribution is 2.36. The van der Waals surface area contributed by atoms with Crippen molar-refractivity contribution in [3.63, 3.8) is 0 Å². The van der Waals surface area contributed by atoms with Crippen molar-refractivity contribution in [2.24, 2.45) is 0 Å². The van der Waals surface area contributed by atoms with Gasteiger partial charge in [0.15, 0.2) is 0 Å². The fourth-order valence-corrected chi connectivity index (χ4v) is 3.27. The molecular formula is C11H19N4OP. The molecular weight excluding hydrogens is 235 g/mol. The Morgan fingerprint density at radius 2 is 1.76 bits per heavy atom. The van der Waals surface area contributed by atoms with E-state index in [0.717, 1.165) is 38.4 Å². The number of aromatic nitrogens is 2. The minimum atomic E-state index is -1.95. The third-order valence-electron chi connectivity index (χ3n) is 2.75. The van der Waals surface area contributed by atoms with E-state index in [-0.39, 0.29) is 0 Å². The lowest BCUT2D eigenvalue weighted by Gasteiger charge is -2.35. The van der Waals surface area contributed by atoms with Gasteiger partial charge >= 0.3 is 0 Å². The number of hydrogen-bond donors (Lipinski definition) is 0. The fourth-order valence-electron chi connectivity index (χ4n) is 2.03. The Morgan fingerprint density at radius 3 is 2.29 bits per heavy atom. The van der Waals surface area contributed by atoms with Crippen LogP contribution >= 0.6 is 7.14 Å². The van der Waals surface area contributed by atoms with E-state index in [0.29, 0.717) is 0 Å². The predicted molar refractivity (Wildman–Crippen MR) is 70.1 cm³/mol. The summed E-state index contributed by atoms with van der Waals surface area (Å²) in [6.07, 6.45) is 4.25. The Kier molecular flexibility index (Phi) is 3.79. The van der Waals surface area contributed by atoms with Crippen LogP contribution in [0.1, 0.15) is 0 Å². The van der Waals surface area contributed by atoms with Gasteiger partial charge < -0.3 is 9.46 Å². The molecule has 0 aromatic carbocycles. The van der Waals surface area contributed by atoms with Crippen LogP contribution < -0.4 is 4.90 Å². The first kappa shape index (κ1) is 12.5. The third-order valence-corrected chi connectivity index (χ3v) is 3.83. The molecule has 5 nitrogen and oxygen atoms in total. The molecule has 94 valence electrons. The number of anilines is 1. The normalized spacial score (nSPS) is 18.4. The lowest BCUT2D eigenvalue weighted by atomic mass is 10.3. The molecule has 1 aliphatic heterocycles. The monoisotopic (exact) mass is 254 g/mol. The summed E-state index contributed by atoms with van der Waals surface area (Å²) in [5, 5.41) is 0. The molecule has 2 rings (SSSR count). The van der Waals surface area contributed by atoms with Crippen LogP contribution in [0.15, 0.2) is 18.5 Å². The quantitative estimate of drug-likeness (QED) is 0.758. The van der Waals surface area contributed by atoms with E-state index in [4.69, 9.17) is 0 Å². The van der Waals surface area contributed by atoms with E-state index in [1.54, 1.807) is 12.4 Å². The first-order valence-corrected chi connectivity index (χ1v) is 8.61. The Balaban J connectivity index is 1.89. The highest BCUT2D eigenvalue weighted by atomic mass is 31.2. The second-order valence-corrected chi connectivity index (χ2v) is 8.30. The molecule has 1 aromatic heterocycles. The zero-order chi connectivity index (χ0) is 12.3. The molecule has 0 spiro atoms. The smallest absolute Gasteiger partial charge is 0.225 e. The van der Waals surface area contributed by atoms with Gasteiger partial charge in [0.25, 0.3) is 0 Å². The molecule has 1 aliphatic rings. The summed E-state index contributed by atoms with van der Waals surface area (Å²) < 4.78 is 11.8. The van der Waals surface area contributed by atoms with E-state index < -0.39 is 7.14 Å². The number of piperazine rings is 1. The standard InChI is InChI=1S/C11H19N4OP/c1-17(2,16)10-14-6-8-15(9-7-14)11-12-4-3-5-13-11/h3-5H,6-10H2,1-2H3. The van der Waals surface area contributed by atoms with Gasteiger partial charge in [-0.15, -0.1) is 0 Å². The summed E-state index contributed by atoms with van der Waals surface area (Å²) in [6, 6.07) is 1.82. The Bertz CT molecular complexity index is 397. The maximum Gasteiger partial charge on any atom is 0.225 e. The lowest BCUT2D eigenvalue weighted by molar-refractivity contribution is 0.293. The van der Waals surface area contributed by atoms with Crippen LogP contribution in [0.25, 0.3) is 0 Å². The van der Waals surface area contributed by atoms with Gasteiger partial charge in [0, 0.05) is 38.6 Å². The molecule has 0 bridgehead atoms. The molecule has 1 aromatic rings. The zero-order valence-electron chi connectivity index (χ0n) is 10.4. The van der Waals surface area contributed by atoms with Gasteiger partial charge in [-0.2, -0.15) is 0 Å². The fraction of sp³-hybridized carbons (Fsp3) is 0.636. The molecule has 0 radical (unpaired) electrons. The Hall–Kier alpha value is -0.930. The topological polar surface area (TPSA) is 49.3 Å². The lowest BCUT2D eigenvalue weighted by Crippen LogP contribution is -2.47. The van der Waals surface area contributed by atoms with Gasteiger partial charge in [-0.05, 0) is 19.4 Å². The van der Waals surface area contributed by atoms with Gasteiger partial charge in [0.1, 0.15) is 0 Å². The van der Waals surface area contributed by atoms with Crippen LogP contribution in [-0.4, -0.2) is 60.7 Å². The second-order valence-electron chi connectivity index (χ2n) is 4.87. The maximum absolute atomic E-state index is 11.8. The van der Waals surface area contributed by atoms with E-state index in [1.165, 1.54) is 0 Å². The van der Waals surface area contributed by atoms with E-state index >= 15 is 0 Å². The van der Waals surface area contributed by atoms with Gasteiger partial charge in [-0.3, -0.25) is 4.90 Å². The van der Waals surface area contributed by atoms with Crippen LogP contribution in [0, 0.1) is 0 Å². The van der Waals surface area contributed by atoms with Crippen LogP contribution in [0.2, 0.25) is 0 Å². The summed E-state index contributed by atoms with van der Waals surface area (Å²) in [4.78, 5) is 12.9. The van der Waals surface area contributed by atoms with Crippen molar-refractivity contribution in [2.75, 3.05) is 50.7 Å². The summed E-state index contributed by atoms with van der Waals surface area (Å²) in [6.45, 7) is 7.38. The minimum Gasteiger partial charge on any atom is -0.338 e. The summed E-state index contributed by atoms with van der Waals surface area (Å²) in [7, 11) is -1.95. The molecule has 0 unspecified atom stereocenters. The van der Waals surface area contributed by atoms with Crippen molar-refractivity contribution in [3.05, 3.63) is 18.5 Å². The van der Waals surface area contributed by atoms with Crippen molar-refractivity contribution in [3.8, 4) is 0 Å². The van der Waals surface area contributed by atoms with Crippen LogP contribution in [-0.2, 0) is 4.57 Å². The number of rotatable bonds is 3. The van der Waals surface area contributed by atoms with Crippen molar-refractivity contribution < 1.29 is 4.57 Å². The first-order valence-electron chi connectivity index (χ1n) is 5.83. The highest BCUT2D eigenvalue weighted by Gasteiger charge is 2.21. The van der Waals surface area contributed by atoms with E-state index in [2.05, 4.69) is 19.8 Å². The Labute approximate surface area is 102 Å². The van der Waals surface area contributed by atoms with Crippen molar-refractivity contribution in [1.82, 2.24) is 14.9 Å². The second kappa shape index (κ2) is 5.15. The molecule has 17 heavy (non-hydrogen) atoms. The van der Waals surface area contributed by atoms with Crippen molar-refractivity contribution in [2.45, 2.75) is 0 Å². The van der Waals surface area contributed by atoms with E-state index in [1.807, 2.05) is 19.4 Å². The minimum absolute atomic E-state index is 0.719.